The van der Waals surface area contributed by atoms with Gasteiger partial charge in [-0.05, 0) is 37.0 Å². The molecule has 70 valence electrons. The average molecular weight is 180 g/mol. The quantitative estimate of drug-likeness (QED) is 0.622. The Labute approximate surface area is 75.8 Å². The van der Waals surface area contributed by atoms with E-state index in [9.17, 15) is 9.90 Å². The van der Waals surface area contributed by atoms with Crippen molar-refractivity contribution in [3.8, 4) is 0 Å². The monoisotopic (exact) mass is 180 g/mol. The van der Waals surface area contributed by atoms with Crippen LogP contribution in [0.4, 0.5) is 0 Å². The molecule has 3 heteroatoms. The van der Waals surface area contributed by atoms with Crippen LogP contribution in [0.3, 0.4) is 0 Å². The molecule has 2 N–H and O–H groups in total. The van der Waals surface area contributed by atoms with Crippen molar-refractivity contribution in [2.75, 3.05) is 0 Å². The van der Waals surface area contributed by atoms with Crippen LogP contribution in [0.15, 0.2) is 0 Å². The molecular weight excluding hydrogens is 168 g/mol. The minimum Gasteiger partial charge on any atom is -0.481 e. The van der Waals surface area contributed by atoms with E-state index in [1.165, 1.54) is 6.42 Å². The van der Waals surface area contributed by atoms with Crippen molar-refractivity contribution in [2.45, 2.75) is 31.3 Å². The summed E-state index contributed by atoms with van der Waals surface area (Å²) in [5, 5.41) is 19.2. The third-order valence-electron chi connectivity index (χ3n) is 5.24. The van der Waals surface area contributed by atoms with Gasteiger partial charge in [0.05, 0.1) is 11.0 Å². The smallest absolute Gasteiger partial charge is 0.310 e. The first-order valence-electron chi connectivity index (χ1n) is 4.99. The number of hydrogen-bond donors (Lipinski definition) is 2. The molecule has 0 aromatic carbocycles. The Morgan fingerprint density at radius 1 is 1.31 bits per heavy atom. The van der Waals surface area contributed by atoms with Crippen molar-refractivity contribution in [2.24, 2.45) is 22.7 Å². The zero-order valence-corrected chi connectivity index (χ0v) is 7.29. The molecule has 0 aliphatic heterocycles. The Bertz CT molecular complexity index is 342. The van der Waals surface area contributed by atoms with E-state index in [1.807, 2.05) is 0 Å². The predicted octanol–water partition coefficient (Wildman–Crippen LogP) is 0.622. The lowest BCUT2D eigenvalue weighted by molar-refractivity contribution is -0.270. The molecule has 4 aliphatic rings. The molecule has 5 atom stereocenters. The van der Waals surface area contributed by atoms with Gasteiger partial charge in [-0.3, -0.25) is 4.79 Å². The lowest BCUT2D eigenvalue weighted by Crippen LogP contribution is -2.72. The fourth-order valence-electron chi connectivity index (χ4n) is 5.08. The van der Waals surface area contributed by atoms with E-state index in [4.69, 9.17) is 5.11 Å². The van der Waals surface area contributed by atoms with Crippen LogP contribution in [0.5, 0.6) is 0 Å². The van der Waals surface area contributed by atoms with Gasteiger partial charge in [0.1, 0.15) is 0 Å². The van der Waals surface area contributed by atoms with Crippen molar-refractivity contribution in [1.29, 1.82) is 0 Å². The number of aliphatic hydroxyl groups is 1. The Balaban J connectivity index is 1.82. The first kappa shape index (κ1) is 6.82. The summed E-state index contributed by atoms with van der Waals surface area (Å²) in [5.41, 5.74) is -0.773. The topological polar surface area (TPSA) is 57.5 Å². The van der Waals surface area contributed by atoms with Crippen molar-refractivity contribution in [3.05, 3.63) is 0 Å². The van der Waals surface area contributed by atoms with Crippen LogP contribution < -0.4 is 0 Å². The largest absolute Gasteiger partial charge is 0.481 e. The summed E-state index contributed by atoms with van der Waals surface area (Å²) in [6, 6.07) is 0. The lowest BCUT2D eigenvalue weighted by atomic mass is 9.37. The maximum absolute atomic E-state index is 11.1. The minimum absolute atomic E-state index is 0.120. The number of hydrogen-bond acceptors (Lipinski definition) is 2. The van der Waals surface area contributed by atoms with Crippen molar-refractivity contribution in [1.82, 2.24) is 0 Å². The van der Waals surface area contributed by atoms with Crippen molar-refractivity contribution < 1.29 is 15.0 Å². The molecule has 4 aliphatic carbocycles. The van der Waals surface area contributed by atoms with Gasteiger partial charge < -0.3 is 10.2 Å². The van der Waals surface area contributed by atoms with Gasteiger partial charge in [-0.1, -0.05) is 0 Å². The Morgan fingerprint density at radius 3 is 2.69 bits per heavy atom. The molecule has 5 unspecified atom stereocenters. The molecule has 0 amide bonds. The molecular formula is C10H12O3. The van der Waals surface area contributed by atoms with Gasteiger partial charge in [-0.15, -0.1) is 0 Å². The average Bonchev–Trinajstić information content (AvgIpc) is 2.55. The third-order valence-corrected chi connectivity index (χ3v) is 5.24. The standard InChI is InChI=1S/C10H12O3/c11-7(12)9-3-8-1-5(8)2-10(13,4-9)6(8)9/h5-6,13H,1-4H2,(H,11,12). The van der Waals surface area contributed by atoms with E-state index in [1.54, 1.807) is 0 Å². The Kier molecular flexibility index (Phi) is 0.705. The van der Waals surface area contributed by atoms with E-state index >= 15 is 0 Å². The molecule has 0 saturated heterocycles. The summed E-state index contributed by atoms with van der Waals surface area (Å²) in [6.07, 6.45) is 3.45. The molecule has 0 radical (unpaired) electrons. The molecule has 0 aromatic rings. The number of rotatable bonds is 1. The molecule has 0 heterocycles. The van der Waals surface area contributed by atoms with Gasteiger partial charge in [0.15, 0.2) is 0 Å². The molecule has 0 aromatic heterocycles. The van der Waals surface area contributed by atoms with Crippen LogP contribution in [-0.2, 0) is 4.79 Å². The number of carboxylic acids is 1. The van der Waals surface area contributed by atoms with E-state index in [0.717, 1.165) is 12.8 Å². The summed E-state index contributed by atoms with van der Waals surface area (Å²) in [7, 11) is 0. The highest BCUT2D eigenvalue weighted by Crippen LogP contribution is 2.91. The van der Waals surface area contributed by atoms with Gasteiger partial charge in [0.2, 0.25) is 0 Å². The number of carbonyl (C=O) groups is 1. The predicted molar refractivity (Wildman–Crippen MR) is 42.9 cm³/mol. The molecule has 3 nitrogen and oxygen atoms in total. The van der Waals surface area contributed by atoms with E-state index in [-0.39, 0.29) is 5.92 Å². The van der Waals surface area contributed by atoms with E-state index in [0.29, 0.717) is 17.8 Å². The van der Waals surface area contributed by atoms with Gasteiger partial charge in [0.25, 0.3) is 0 Å². The Morgan fingerprint density at radius 2 is 2.08 bits per heavy atom. The van der Waals surface area contributed by atoms with Crippen LogP contribution in [0.2, 0.25) is 0 Å². The molecule has 0 bridgehead atoms. The number of aliphatic carboxylic acids is 1. The molecule has 4 fully saturated rings. The number of carboxylic acid groups (broad SMARTS) is 1. The first-order chi connectivity index (χ1) is 6.04. The fourth-order valence-corrected chi connectivity index (χ4v) is 5.08. The van der Waals surface area contributed by atoms with Crippen molar-refractivity contribution in [3.63, 3.8) is 0 Å². The SMILES string of the molecule is O=C(O)C12CC3(O)CC4CC4(C1)C32. The van der Waals surface area contributed by atoms with Crippen LogP contribution in [0.1, 0.15) is 25.7 Å². The summed E-state index contributed by atoms with van der Waals surface area (Å²) < 4.78 is 0. The van der Waals surface area contributed by atoms with Crippen molar-refractivity contribution >= 4 is 5.97 Å². The molecule has 13 heavy (non-hydrogen) atoms. The van der Waals surface area contributed by atoms with Crippen LogP contribution in [-0.4, -0.2) is 21.8 Å². The second kappa shape index (κ2) is 1.34. The van der Waals surface area contributed by atoms with Gasteiger partial charge in [-0.2, -0.15) is 0 Å². The highest BCUT2D eigenvalue weighted by Gasteiger charge is 2.91. The minimum atomic E-state index is -0.666. The van der Waals surface area contributed by atoms with Gasteiger partial charge in [0, 0.05) is 5.92 Å². The van der Waals surface area contributed by atoms with Gasteiger partial charge >= 0.3 is 5.97 Å². The molecule has 4 rings (SSSR count). The second-order valence-electron chi connectivity index (χ2n) is 5.69. The summed E-state index contributed by atoms with van der Waals surface area (Å²) in [6.45, 7) is 0. The van der Waals surface area contributed by atoms with Gasteiger partial charge in [-0.25, -0.2) is 0 Å². The maximum Gasteiger partial charge on any atom is 0.310 e. The molecule has 4 saturated carbocycles. The van der Waals surface area contributed by atoms with Crippen LogP contribution in [0.25, 0.3) is 0 Å². The molecule has 1 spiro atoms. The zero-order chi connectivity index (χ0) is 9.06. The fraction of sp³-hybridized carbons (Fsp3) is 0.900. The third kappa shape index (κ3) is 0.416. The highest BCUT2D eigenvalue weighted by molar-refractivity contribution is 5.81. The normalized spacial score (nSPS) is 70.2. The maximum atomic E-state index is 11.1. The lowest BCUT2D eigenvalue weighted by Gasteiger charge is -2.67. The van der Waals surface area contributed by atoms with E-state index < -0.39 is 17.0 Å². The Hall–Kier alpha value is -0.570. The van der Waals surface area contributed by atoms with E-state index in [2.05, 4.69) is 0 Å². The first-order valence-corrected chi connectivity index (χ1v) is 4.99. The highest BCUT2D eigenvalue weighted by atomic mass is 16.4. The summed E-state index contributed by atoms with van der Waals surface area (Å²) in [5.74, 6) is 0.118. The van der Waals surface area contributed by atoms with Crippen LogP contribution >= 0.6 is 0 Å². The van der Waals surface area contributed by atoms with Crippen LogP contribution in [0, 0.1) is 22.7 Å². The second-order valence-corrected chi connectivity index (χ2v) is 5.69. The summed E-state index contributed by atoms with van der Waals surface area (Å²) in [4.78, 5) is 11.1. The zero-order valence-electron chi connectivity index (χ0n) is 7.29. The summed E-state index contributed by atoms with van der Waals surface area (Å²) >= 11 is 0.